The van der Waals surface area contributed by atoms with E-state index in [-0.39, 0.29) is 0 Å². The Morgan fingerprint density at radius 3 is 1.33 bits per heavy atom. The lowest BCUT2D eigenvalue weighted by molar-refractivity contribution is 1.10. The molecule has 4 aromatic heterocycles. The molecule has 0 bridgehead atoms. The first kappa shape index (κ1) is 38.3. The monoisotopic (exact) mass is 840 g/mol. The van der Waals surface area contributed by atoms with Gasteiger partial charge in [0.05, 0.1) is 58.0 Å². The average molecular weight is 841 g/mol. The number of rotatable bonds is 7. The van der Waals surface area contributed by atoms with Gasteiger partial charge in [-0.25, -0.2) is 9.69 Å². The first-order valence-electron chi connectivity index (χ1n) is 21.8. The summed E-state index contributed by atoms with van der Waals surface area (Å²) in [6.07, 6.45) is 3.76. The van der Waals surface area contributed by atoms with E-state index in [9.17, 15) is 0 Å². The lowest BCUT2D eigenvalue weighted by Gasteiger charge is -2.20. The first-order chi connectivity index (χ1) is 32.6. The van der Waals surface area contributed by atoms with Gasteiger partial charge in [0.25, 0.3) is 0 Å². The van der Waals surface area contributed by atoms with Gasteiger partial charge in [0.2, 0.25) is 0 Å². The van der Waals surface area contributed by atoms with Crippen LogP contribution in [0, 0.1) is 13.1 Å². The predicted octanol–water partition coefficient (Wildman–Crippen LogP) is 16.1. The standard InChI is InChI=1S/C60H36N6/c1-61-46-19-13-18-45(32-46)51-37-59(65-55-22-11-9-20-47(55)49-26-24-41(35-57(49)65)43-28-30-63-52(33-43)39-14-5-3-6-15-39)60(38-54(51)62-2)66-56-23-12-10-21-48(56)50-27-25-42(36-58(50)66)44-29-31-64-53(34-44)40-16-7-4-8-17-40/h3-38H. The Hall–Kier alpha value is -9.36. The highest BCUT2D eigenvalue weighted by atomic mass is 15.1. The lowest BCUT2D eigenvalue weighted by atomic mass is 10.00. The molecule has 0 aliphatic carbocycles. The molecule has 0 fully saturated rings. The van der Waals surface area contributed by atoms with Crippen molar-refractivity contribution in [3.8, 4) is 67.3 Å². The summed E-state index contributed by atoms with van der Waals surface area (Å²) in [5.41, 5.74) is 16.6. The fourth-order valence-electron chi connectivity index (χ4n) is 9.56. The zero-order chi connectivity index (χ0) is 44.1. The molecule has 0 atom stereocenters. The summed E-state index contributed by atoms with van der Waals surface area (Å²) in [5, 5.41) is 4.44. The van der Waals surface area contributed by atoms with Gasteiger partial charge in [-0.2, -0.15) is 0 Å². The molecule has 12 aromatic rings. The van der Waals surface area contributed by atoms with Crippen LogP contribution in [0.5, 0.6) is 0 Å². The molecule has 306 valence electrons. The van der Waals surface area contributed by atoms with E-state index in [4.69, 9.17) is 23.1 Å². The third-order valence-corrected chi connectivity index (χ3v) is 12.7. The third-order valence-electron chi connectivity index (χ3n) is 12.7. The molecule has 0 saturated carbocycles. The van der Waals surface area contributed by atoms with E-state index in [1.807, 2.05) is 73.1 Å². The SMILES string of the molecule is [C-]#[N+]c1cccc(-c2cc(-n3c4ccccc4c4ccc(-c5ccnc(-c6ccccc6)c5)cc43)c(-n3c4ccccc4c4ccc(-c5ccnc(-c6ccccc6)c5)cc43)cc2[N+]#[C-])c1. The number of hydrogen-bond donors (Lipinski definition) is 0. The van der Waals surface area contributed by atoms with Crippen molar-refractivity contribution in [3.63, 3.8) is 0 Å². The predicted molar refractivity (Wildman–Crippen MR) is 270 cm³/mol. The van der Waals surface area contributed by atoms with E-state index >= 15 is 0 Å². The van der Waals surface area contributed by atoms with Crippen LogP contribution >= 0.6 is 0 Å². The molecule has 6 heteroatoms. The highest BCUT2D eigenvalue weighted by Crippen LogP contribution is 2.45. The lowest BCUT2D eigenvalue weighted by Crippen LogP contribution is -2.04. The van der Waals surface area contributed by atoms with Gasteiger partial charge in [0, 0.05) is 45.1 Å². The maximum atomic E-state index is 8.67. The Morgan fingerprint density at radius 2 is 0.803 bits per heavy atom. The molecule has 0 unspecified atom stereocenters. The summed E-state index contributed by atoms with van der Waals surface area (Å²) < 4.78 is 4.69. The Balaban J connectivity index is 1.16. The van der Waals surface area contributed by atoms with E-state index in [2.05, 4.69) is 158 Å². The van der Waals surface area contributed by atoms with E-state index in [1.54, 1.807) is 6.07 Å². The fraction of sp³-hybridized carbons (Fsp3) is 0. The second kappa shape index (κ2) is 15.8. The fourth-order valence-corrected chi connectivity index (χ4v) is 9.56. The van der Waals surface area contributed by atoms with Crippen molar-refractivity contribution in [2.75, 3.05) is 0 Å². The number of hydrogen-bond acceptors (Lipinski definition) is 2. The van der Waals surface area contributed by atoms with E-state index in [1.165, 1.54) is 0 Å². The van der Waals surface area contributed by atoms with E-state index in [0.717, 1.165) is 111 Å². The van der Waals surface area contributed by atoms with Gasteiger partial charge in [-0.3, -0.25) is 9.97 Å². The van der Waals surface area contributed by atoms with Gasteiger partial charge < -0.3 is 9.13 Å². The van der Waals surface area contributed by atoms with Crippen LogP contribution in [-0.2, 0) is 0 Å². The number of aromatic nitrogens is 4. The average Bonchev–Trinajstić information content (AvgIpc) is 3.90. The van der Waals surface area contributed by atoms with Crippen LogP contribution < -0.4 is 0 Å². The summed E-state index contributed by atoms with van der Waals surface area (Å²) >= 11 is 0. The van der Waals surface area contributed by atoms with Gasteiger partial charge in [-0.1, -0.05) is 140 Å². The maximum Gasteiger partial charge on any atom is 0.197 e. The van der Waals surface area contributed by atoms with Crippen molar-refractivity contribution in [2.45, 2.75) is 0 Å². The molecule has 0 N–H and O–H groups in total. The normalized spacial score (nSPS) is 11.3. The molecule has 0 amide bonds. The van der Waals surface area contributed by atoms with E-state index < -0.39 is 0 Å². The molecule has 66 heavy (non-hydrogen) atoms. The minimum absolute atomic E-state index is 0.492. The van der Waals surface area contributed by atoms with Crippen molar-refractivity contribution in [2.24, 2.45) is 0 Å². The number of nitrogens with zero attached hydrogens (tertiary/aromatic N) is 6. The topological polar surface area (TPSA) is 44.4 Å². The van der Waals surface area contributed by atoms with Crippen LogP contribution in [0.1, 0.15) is 0 Å². The molecule has 0 aliphatic rings. The summed E-state index contributed by atoms with van der Waals surface area (Å²) in [4.78, 5) is 17.5. The zero-order valence-electron chi connectivity index (χ0n) is 35.5. The molecule has 8 aromatic carbocycles. The summed E-state index contributed by atoms with van der Waals surface area (Å²) in [5.74, 6) is 0. The number of para-hydroxylation sites is 2. The second-order valence-corrected chi connectivity index (χ2v) is 16.4. The Labute approximate surface area is 381 Å². The van der Waals surface area contributed by atoms with Crippen molar-refractivity contribution in [3.05, 3.63) is 241 Å². The van der Waals surface area contributed by atoms with Crippen molar-refractivity contribution in [1.29, 1.82) is 0 Å². The molecular formula is C60H36N6. The van der Waals surface area contributed by atoms with Crippen molar-refractivity contribution < 1.29 is 0 Å². The van der Waals surface area contributed by atoms with Crippen LogP contribution in [0.3, 0.4) is 0 Å². The number of pyridine rings is 2. The number of benzene rings is 8. The minimum atomic E-state index is 0.492. The van der Waals surface area contributed by atoms with Crippen LogP contribution in [0.4, 0.5) is 11.4 Å². The molecule has 0 radical (unpaired) electrons. The van der Waals surface area contributed by atoms with Crippen molar-refractivity contribution >= 4 is 55.0 Å². The quantitative estimate of drug-likeness (QED) is 0.150. The Bertz CT molecular complexity index is 3960. The van der Waals surface area contributed by atoms with Crippen LogP contribution in [0.15, 0.2) is 219 Å². The third kappa shape index (κ3) is 6.41. The Morgan fingerprint density at radius 1 is 0.333 bits per heavy atom. The van der Waals surface area contributed by atoms with Gasteiger partial charge in [0.15, 0.2) is 11.4 Å². The molecule has 0 aliphatic heterocycles. The Kier molecular flexibility index (Phi) is 9.16. The van der Waals surface area contributed by atoms with E-state index in [0.29, 0.717) is 11.4 Å². The van der Waals surface area contributed by atoms with Crippen molar-refractivity contribution in [1.82, 2.24) is 19.1 Å². The van der Waals surface area contributed by atoms with Gasteiger partial charge >= 0.3 is 0 Å². The summed E-state index contributed by atoms with van der Waals surface area (Å²) in [6.45, 7) is 16.5. The zero-order valence-corrected chi connectivity index (χ0v) is 35.5. The smallest absolute Gasteiger partial charge is 0.197 e. The largest absolute Gasteiger partial charge is 0.308 e. The molecule has 0 saturated heterocycles. The number of fused-ring (bicyclic) bond motifs is 6. The minimum Gasteiger partial charge on any atom is -0.308 e. The molecule has 6 nitrogen and oxygen atoms in total. The van der Waals surface area contributed by atoms with Crippen LogP contribution in [0.2, 0.25) is 0 Å². The molecular weight excluding hydrogens is 805 g/mol. The maximum absolute atomic E-state index is 8.67. The molecule has 12 rings (SSSR count). The summed E-state index contributed by atoms with van der Waals surface area (Å²) in [7, 11) is 0. The molecule has 4 heterocycles. The van der Waals surface area contributed by atoms with Gasteiger partial charge in [-0.05, 0) is 100 Å². The van der Waals surface area contributed by atoms with Crippen LogP contribution in [-0.4, -0.2) is 19.1 Å². The molecule has 0 spiro atoms. The van der Waals surface area contributed by atoms with Crippen LogP contribution in [0.25, 0.3) is 121 Å². The van der Waals surface area contributed by atoms with Gasteiger partial charge in [0.1, 0.15) is 0 Å². The summed E-state index contributed by atoms with van der Waals surface area (Å²) in [6, 6.07) is 71.2. The highest BCUT2D eigenvalue weighted by Gasteiger charge is 2.23. The first-order valence-corrected chi connectivity index (χ1v) is 21.8. The van der Waals surface area contributed by atoms with Gasteiger partial charge in [-0.15, -0.1) is 0 Å². The second-order valence-electron chi connectivity index (χ2n) is 16.4. The highest BCUT2D eigenvalue weighted by molar-refractivity contribution is 6.13.